The standard InChI is InChI=1S/C15H16N4O/c1-11-9-12(10-16)18-14(17-11)19-7-5-15(6-8-19)4-2-3-13(15)20/h2-3,9H,4-8H2,1H3. The Hall–Kier alpha value is -2.22. The van der Waals surface area contributed by atoms with E-state index < -0.39 is 0 Å². The van der Waals surface area contributed by atoms with Crippen LogP contribution in [0.4, 0.5) is 5.95 Å². The first-order chi connectivity index (χ1) is 9.63. The van der Waals surface area contributed by atoms with Crippen LogP contribution in [-0.4, -0.2) is 28.8 Å². The molecule has 1 aromatic heterocycles. The van der Waals surface area contributed by atoms with Crippen LogP contribution >= 0.6 is 0 Å². The zero-order valence-electron chi connectivity index (χ0n) is 11.5. The van der Waals surface area contributed by atoms with Crippen LogP contribution in [0.5, 0.6) is 0 Å². The van der Waals surface area contributed by atoms with Crippen LogP contribution in [0.15, 0.2) is 18.2 Å². The number of anilines is 1. The van der Waals surface area contributed by atoms with Gasteiger partial charge in [-0.05, 0) is 38.3 Å². The van der Waals surface area contributed by atoms with Crippen molar-refractivity contribution >= 4 is 11.7 Å². The van der Waals surface area contributed by atoms with E-state index in [0.29, 0.717) is 11.6 Å². The minimum Gasteiger partial charge on any atom is -0.341 e. The maximum absolute atomic E-state index is 12.0. The van der Waals surface area contributed by atoms with E-state index in [-0.39, 0.29) is 11.2 Å². The molecule has 0 N–H and O–H groups in total. The maximum Gasteiger partial charge on any atom is 0.226 e. The molecular weight excluding hydrogens is 252 g/mol. The second-order valence-electron chi connectivity index (χ2n) is 5.54. The molecule has 2 aliphatic rings. The van der Waals surface area contributed by atoms with Crippen molar-refractivity contribution in [3.63, 3.8) is 0 Å². The van der Waals surface area contributed by atoms with Crippen LogP contribution in [0, 0.1) is 23.7 Å². The van der Waals surface area contributed by atoms with Crippen molar-refractivity contribution in [2.45, 2.75) is 26.2 Å². The van der Waals surface area contributed by atoms with Gasteiger partial charge < -0.3 is 4.90 Å². The Kier molecular flexibility index (Phi) is 3.01. The lowest BCUT2D eigenvalue weighted by Gasteiger charge is -2.38. The highest BCUT2D eigenvalue weighted by Gasteiger charge is 2.41. The number of ketones is 1. The van der Waals surface area contributed by atoms with Crippen molar-refractivity contribution in [2.24, 2.45) is 5.41 Å². The first kappa shape index (κ1) is 12.8. The quantitative estimate of drug-likeness (QED) is 0.776. The zero-order valence-corrected chi connectivity index (χ0v) is 11.5. The molecule has 0 unspecified atom stereocenters. The molecule has 1 spiro atoms. The molecule has 5 heteroatoms. The first-order valence-electron chi connectivity index (χ1n) is 6.85. The van der Waals surface area contributed by atoms with Crippen LogP contribution < -0.4 is 4.90 Å². The largest absolute Gasteiger partial charge is 0.341 e. The Labute approximate surface area is 117 Å². The lowest BCUT2D eigenvalue weighted by atomic mass is 9.75. The summed E-state index contributed by atoms with van der Waals surface area (Å²) in [5.74, 6) is 0.870. The van der Waals surface area contributed by atoms with E-state index in [1.807, 2.05) is 13.0 Å². The van der Waals surface area contributed by atoms with E-state index in [2.05, 4.69) is 20.9 Å². The third-order valence-corrected chi connectivity index (χ3v) is 4.26. The normalized spacial score (nSPS) is 20.4. The third kappa shape index (κ3) is 2.07. The summed E-state index contributed by atoms with van der Waals surface area (Å²) in [7, 11) is 0. The van der Waals surface area contributed by atoms with Crippen molar-refractivity contribution in [2.75, 3.05) is 18.0 Å². The van der Waals surface area contributed by atoms with Gasteiger partial charge in [-0.25, -0.2) is 9.97 Å². The Balaban J connectivity index is 1.77. The Morgan fingerprint density at radius 1 is 1.35 bits per heavy atom. The molecule has 1 fully saturated rings. The summed E-state index contributed by atoms with van der Waals surface area (Å²) in [5, 5.41) is 8.98. The van der Waals surface area contributed by atoms with E-state index in [0.717, 1.165) is 38.0 Å². The second-order valence-corrected chi connectivity index (χ2v) is 5.54. The van der Waals surface area contributed by atoms with Crippen molar-refractivity contribution < 1.29 is 4.79 Å². The van der Waals surface area contributed by atoms with Crippen LogP contribution in [0.1, 0.15) is 30.7 Å². The molecule has 1 aliphatic carbocycles. The molecule has 0 atom stereocenters. The molecule has 0 bridgehead atoms. The minimum absolute atomic E-state index is 0.182. The van der Waals surface area contributed by atoms with Crippen LogP contribution in [0.25, 0.3) is 0 Å². The molecule has 1 aliphatic heterocycles. The summed E-state index contributed by atoms with van der Waals surface area (Å²) >= 11 is 0. The van der Waals surface area contributed by atoms with Gasteiger partial charge in [-0.2, -0.15) is 5.26 Å². The molecular formula is C15H16N4O. The smallest absolute Gasteiger partial charge is 0.226 e. The number of carbonyl (C=O) groups is 1. The molecule has 0 aromatic carbocycles. The molecule has 1 aromatic rings. The highest BCUT2D eigenvalue weighted by molar-refractivity contribution is 5.97. The highest BCUT2D eigenvalue weighted by atomic mass is 16.1. The fraction of sp³-hybridized carbons (Fsp3) is 0.467. The maximum atomic E-state index is 12.0. The number of allylic oxidation sites excluding steroid dienone is 2. The summed E-state index contributed by atoms with van der Waals surface area (Å²) < 4.78 is 0. The van der Waals surface area contributed by atoms with Crippen LogP contribution in [-0.2, 0) is 4.79 Å². The second kappa shape index (κ2) is 4.71. The summed E-state index contributed by atoms with van der Waals surface area (Å²) in [5.41, 5.74) is 1.01. The predicted octanol–water partition coefficient (Wildman–Crippen LogP) is 1.77. The Morgan fingerprint density at radius 2 is 2.10 bits per heavy atom. The van der Waals surface area contributed by atoms with Gasteiger partial charge in [0.25, 0.3) is 0 Å². The molecule has 5 nitrogen and oxygen atoms in total. The average molecular weight is 268 g/mol. The van der Waals surface area contributed by atoms with Gasteiger partial charge in [-0.3, -0.25) is 4.79 Å². The van der Waals surface area contributed by atoms with Gasteiger partial charge in [-0.1, -0.05) is 6.08 Å². The van der Waals surface area contributed by atoms with E-state index >= 15 is 0 Å². The zero-order chi connectivity index (χ0) is 14.2. The van der Waals surface area contributed by atoms with E-state index in [4.69, 9.17) is 5.26 Å². The molecule has 2 heterocycles. The number of hydrogen-bond donors (Lipinski definition) is 0. The summed E-state index contributed by atoms with van der Waals surface area (Å²) in [6.07, 6.45) is 6.22. The fourth-order valence-corrected chi connectivity index (χ4v) is 3.01. The number of aromatic nitrogens is 2. The SMILES string of the molecule is Cc1cc(C#N)nc(N2CCC3(CC=CC3=O)CC2)n1. The number of rotatable bonds is 1. The molecule has 20 heavy (non-hydrogen) atoms. The van der Waals surface area contributed by atoms with E-state index in [1.54, 1.807) is 12.1 Å². The molecule has 0 amide bonds. The third-order valence-electron chi connectivity index (χ3n) is 4.26. The molecule has 1 saturated heterocycles. The van der Waals surface area contributed by atoms with Gasteiger partial charge in [0.05, 0.1) is 0 Å². The topological polar surface area (TPSA) is 69.9 Å². The number of nitriles is 1. The van der Waals surface area contributed by atoms with Gasteiger partial charge >= 0.3 is 0 Å². The summed E-state index contributed by atoms with van der Waals surface area (Å²) in [4.78, 5) is 22.7. The van der Waals surface area contributed by atoms with Gasteiger partial charge in [0.1, 0.15) is 11.8 Å². The number of nitrogens with zero attached hydrogens (tertiary/aromatic N) is 4. The summed E-state index contributed by atoms with van der Waals surface area (Å²) in [6.45, 7) is 3.39. The Bertz CT molecular complexity index is 621. The number of piperidine rings is 1. The van der Waals surface area contributed by atoms with Gasteiger partial charge in [0.15, 0.2) is 5.78 Å². The van der Waals surface area contributed by atoms with E-state index in [1.165, 1.54) is 0 Å². The number of carbonyl (C=O) groups excluding carboxylic acids is 1. The summed E-state index contributed by atoms with van der Waals surface area (Å²) in [6, 6.07) is 3.74. The predicted molar refractivity (Wildman–Crippen MR) is 74.1 cm³/mol. The van der Waals surface area contributed by atoms with E-state index in [9.17, 15) is 4.79 Å². The average Bonchev–Trinajstić information content (AvgIpc) is 2.80. The Morgan fingerprint density at radius 3 is 2.70 bits per heavy atom. The van der Waals surface area contributed by atoms with Gasteiger partial charge in [-0.15, -0.1) is 0 Å². The first-order valence-corrected chi connectivity index (χ1v) is 6.85. The van der Waals surface area contributed by atoms with Crippen molar-refractivity contribution in [3.8, 4) is 6.07 Å². The lowest BCUT2D eigenvalue weighted by Crippen LogP contribution is -2.43. The molecule has 0 saturated carbocycles. The monoisotopic (exact) mass is 268 g/mol. The fourth-order valence-electron chi connectivity index (χ4n) is 3.01. The molecule has 3 rings (SSSR count). The van der Waals surface area contributed by atoms with Crippen molar-refractivity contribution in [3.05, 3.63) is 29.6 Å². The minimum atomic E-state index is -0.182. The van der Waals surface area contributed by atoms with Crippen LogP contribution in [0.2, 0.25) is 0 Å². The number of aryl methyl sites for hydroxylation is 1. The van der Waals surface area contributed by atoms with Gasteiger partial charge in [0, 0.05) is 24.2 Å². The highest BCUT2D eigenvalue weighted by Crippen LogP contribution is 2.40. The number of hydrogen-bond acceptors (Lipinski definition) is 5. The van der Waals surface area contributed by atoms with Crippen molar-refractivity contribution in [1.29, 1.82) is 5.26 Å². The molecule has 102 valence electrons. The lowest BCUT2D eigenvalue weighted by molar-refractivity contribution is -0.123. The van der Waals surface area contributed by atoms with Gasteiger partial charge in [0.2, 0.25) is 5.95 Å². The van der Waals surface area contributed by atoms with Crippen LogP contribution in [0.3, 0.4) is 0 Å². The molecule has 0 radical (unpaired) electrons. The van der Waals surface area contributed by atoms with Crippen molar-refractivity contribution in [1.82, 2.24) is 9.97 Å².